The van der Waals surface area contributed by atoms with Crippen molar-refractivity contribution in [3.63, 3.8) is 0 Å². The van der Waals surface area contributed by atoms with Crippen LogP contribution in [0.25, 0.3) is 0 Å². The van der Waals surface area contributed by atoms with Crippen molar-refractivity contribution >= 4 is 17.8 Å². The van der Waals surface area contributed by atoms with E-state index in [1.165, 1.54) is 7.11 Å². The minimum Gasteiger partial charge on any atom is -0.481 e. The van der Waals surface area contributed by atoms with E-state index >= 15 is 0 Å². The van der Waals surface area contributed by atoms with Crippen molar-refractivity contribution in [3.05, 3.63) is 0 Å². The number of hydrogen-bond acceptors (Lipinski definition) is 4. The van der Waals surface area contributed by atoms with Crippen molar-refractivity contribution in [1.82, 2.24) is 5.32 Å². The second-order valence-corrected chi connectivity index (χ2v) is 6.34. The molecule has 21 heavy (non-hydrogen) atoms. The maximum absolute atomic E-state index is 12.3. The van der Waals surface area contributed by atoms with Crippen LogP contribution in [0.3, 0.4) is 0 Å². The van der Waals surface area contributed by atoms with Gasteiger partial charge < -0.3 is 15.2 Å². The van der Waals surface area contributed by atoms with Crippen LogP contribution >= 0.6 is 0 Å². The monoisotopic (exact) mass is 299 g/mol. The van der Waals surface area contributed by atoms with E-state index in [0.717, 1.165) is 0 Å². The number of methoxy groups -OCH3 is 1. The fourth-order valence-electron chi connectivity index (χ4n) is 2.96. The molecule has 1 fully saturated rings. The van der Waals surface area contributed by atoms with Gasteiger partial charge in [-0.3, -0.25) is 9.59 Å². The number of carbonyl (C=O) groups excluding carboxylic acids is 2. The number of nitrogens with one attached hydrogen (secondary N) is 1. The number of carboxylic acid groups (broad SMARTS) is 1. The van der Waals surface area contributed by atoms with Crippen LogP contribution in [-0.2, 0) is 19.1 Å². The molecule has 0 aromatic carbocycles. The van der Waals surface area contributed by atoms with E-state index < -0.39 is 29.8 Å². The molecule has 6 heteroatoms. The molecule has 0 radical (unpaired) electrons. The predicted molar refractivity (Wildman–Crippen MR) is 76.4 cm³/mol. The lowest BCUT2D eigenvalue weighted by atomic mass is 9.94. The molecule has 4 unspecified atom stereocenters. The highest BCUT2D eigenvalue weighted by molar-refractivity contribution is 5.89. The highest BCUT2D eigenvalue weighted by Crippen LogP contribution is 2.36. The van der Waals surface area contributed by atoms with Gasteiger partial charge in [0.1, 0.15) is 6.04 Å². The van der Waals surface area contributed by atoms with Crippen molar-refractivity contribution < 1.29 is 24.2 Å². The summed E-state index contributed by atoms with van der Waals surface area (Å²) in [6.45, 7) is 5.83. The first-order valence-corrected chi connectivity index (χ1v) is 7.37. The van der Waals surface area contributed by atoms with Gasteiger partial charge in [0.25, 0.3) is 0 Å². The Morgan fingerprint density at radius 1 is 1.24 bits per heavy atom. The van der Waals surface area contributed by atoms with E-state index in [-0.39, 0.29) is 17.7 Å². The number of hydrogen-bond donors (Lipinski definition) is 2. The lowest BCUT2D eigenvalue weighted by Gasteiger charge is -2.22. The molecule has 4 atom stereocenters. The summed E-state index contributed by atoms with van der Waals surface area (Å²) in [5, 5.41) is 11.9. The molecule has 120 valence electrons. The SMILES string of the molecule is COC(=O)C(CC(C)C)NC(=O)C1CC(C)CC1C(=O)O. The van der Waals surface area contributed by atoms with Crippen LogP contribution in [0.2, 0.25) is 0 Å². The molecular weight excluding hydrogens is 274 g/mol. The zero-order chi connectivity index (χ0) is 16.2. The largest absolute Gasteiger partial charge is 0.481 e. The molecule has 2 N–H and O–H groups in total. The van der Waals surface area contributed by atoms with Crippen LogP contribution in [0.4, 0.5) is 0 Å². The molecule has 0 aromatic heterocycles. The lowest BCUT2D eigenvalue weighted by Crippen LogP contribution is -2.46. The first-order chi connectivity index (χ1) is 9.76. The minimum atomic E-state index is -0.946. The third-order valence-corrected chi connectivity index (χ3v) is 3.96. The van der Waals surface area contributed by atoms with Gasteiger partial charge in [-0.15, -0.1) is 0 Å². The van der Waals surface area contributed by atoms with E-state index in [2.05, 4.69) is 5.32 Å². The van der Waals surface area contributed by atoms with E-state index in [1.807, 2.05) is 20.8 Å². The number of carboxylic acids is 1. The summed E-state index contributed by atoms with van der Waals surface area (Å²) < 4.78 is 4.70. The van der Waals surface area contributed by atoms with Gasteiger partial charge in [0.2, 0.25) is 5.91 Å². The molecule has 1 rings (SSSR count). The molecule has 1 aliphatic carbocycles. The number of aliphatic carboxylic acids is 1. The van der Waals surface area contributed by atoms with E-state index in [4.69, 9.17) is 4.74 Å². The van der Waals surface area contributed by atoms with Crippen LogP contribution in [0, 0.1) is 23.7 Å². The van der Waals surface area contributed by atoms with Crippen molar-refractivity contribution in [3.8, 4) is 0 Å². The molecule has 0 spiro atoms. The van der Waals surface area contributed by atoms with Crippen LogP contribution < -0.4 is 5.32 Å². The van der Waals surface area contributed by atoms with Gasteiger partial charge in [0.05, 0.1) is 18.9 Å². The summed E-state index contributed by atoms with van der Waals surface area (Å²) >= 11 is 0. The molecule has 0 aliphatic heterocycles. The quantitative estimate of drug-likeness (QED) is 0.724. The molecule has 0 heterocycles. The van der Waals surface area contributed by atoms with Crippen LogP contribution in [0.15, 0.2) is 0 Å². The Kier molecular flexibility index (Phi) is 6.18. The van der Waals surface area contributed by atoms with Crippen molar-refractivity contribution in [1.29, 1.82) is 0 Å². The predicted octanol–water partition coefficient (Wildman–Crippen LogP) is 1.44. The summed E-state index contributed by atoms with van der Waals surface area (Å²) in [5.74, 6) is -2.62. The normalized spacial score (nSPS) is 26.4. The Labute approximate surface area is 125 Å². The number of ether oxygens (including phenoxy) is 1. The van der Waals surface area contributed by atoms with Gasteiger partial charge in [-0.05, 0) is 31.1 Å². The van der Waals surface area contributed by atoms with Gasteiger partial charge in [0, 0.05) is 0 Å². The topological polar surface area (TPSA) is 92.7 Å². The number of rotatable bonds is 6. The first kappa shape index (κ1) is 17.5. The van der Waals surface area contributed by atoms with Crippen molar-refractivity contribution in [2.24, 2.45) is 23.7 Å². The molecule has 6 nitrogen and oxygen atoms in total. The maximum Gasteiger partial charge on any atom is 0.328 e. The van der Waals surface area contributed by atoms with Gasteiger partial charge in [-0.2, -0.15) is 0 Å². The molecule has 1 aliphatic rings. The number of esters is 1. The average molecular weight is 299 g/mol. The highest BCUT2D eigenvalue weighted by atomic mass is 16.5. The zero-order valence-electron chi connectivity index (χ0n) is 13.1. The number of carbonyl (C=O) groups is 3. The first-order valence-electron chi connectivity index (χ1n) is 7.37. The average Bonchev–Trinajstić information content (AvgIpc) is 2.78. The molecule has 0 bridgehead atoms. The smallest absolute Gasteiger partial charge is 0.328 e. The second kappa shape index (κ2) is 7.43. The van der Waals surface area contributed by atoms with E-state index in [0.29, 0.717) is 19.3 Å². The summed E-state index contributed by atoms with van der Waals surface area (Å²) in [6.07, 6.45) is 1.51. The molecule has 1 saturated carbocycles. The Balaban J connectivity index is 2.76. The summed E-state index contributed by atoms with van der Waals surface area (Å²) in [6, 6.07) is -0.715. The van der Waals surface area contributed by atoms with E-state index in [1.54, 1.807) is 0 Å². The molecule has 0 aromatic rings. The lowest BCUT2D eigenvalue weighted by molar-refractivity contribution is -0.148. The minimum absolute atomic E-state index is 0.198. The number of amides is 1. The maximum atomic E-state index is 12.3. The Morgan fingerprint density at radius 3 is 2.29 bits per heavy atom. The standard InChI is InChI=1S/C15H25NO5/c1-8(2)5-12(15(20)21-4)16-13(17)10-6-9(3)7-11(10)14(18)19/h8-12H,5-7H2,1-4H3,(H,16,17)(H,18,19). The Morgan fingerprint density at radius 2 is 1.81 bits per heavy atom. The fourth-order valence-corrected chi connectivity index (χ4v) is 2.96. The van der Waals surface area contributed by atoms with Gasteiger partial charge in [-0.1, -0.05) is 20.8 Å². The molecule has 0 saturated heterocycles. The van der Waals surface area contributed by atoms with Crippen LogP contribution in [-0.4, -0.2) is 36.1 Å². The van der Waals surface area contributed by atoms with Crippen molar-refractivity contribution in [2.75, 3.05) is 7.11 Å². The van der Waals surface area contributed by atoms with Gasteiger partial charge >= 0.3 is 11.9 Å². The third-order valence-electron chi connectivity index (χ3n) is 3.96. The Bertz CT molecular complexity index is 407. The van der Waals surface area contributed by atoms with Crippen LogP contribution in [0.1, 0.15) is 40.0 Å². The third kappa shape index (κ3) is 4.72. The summed E-state index contributed by atoms with van der Waals surface area (Å²) in [4.78, 5) is 35.3. The molecule has 1 amide bonds. The Hall–Kier alpha value is -1.59. The zero-order valence-corrected chi connectivity index (χ0v) is 13.1. The molecular formula is C15H25NO5. The van der Waals surface area contributed by atoms with E-state index in [9.17, 15) is 19.5 Å². The second-order valence-electron chi connectivity index (χ2n) is 6.34. The highest BCUT2D eigenvalue weighted by Gasteiger charge is 2.42. The summed E-state index contributed by atoms with van der Waals surface area (Å²) in [5.41, 5.74) is 0. The van der Waals surface area contributed by atoms with Crippen LogP contribution in [0.5, 0.6) is 0 Å². The van der Waals surface area contributed by atoms with Gasteiger partial charge in [0.15, 0.2) is 0 Å². The summed E-state index contributed by atoms with van der Waals surface area (Å²) in [7, 11) is 1.28. The van der Waals surface area contributed by atoms with Crippen molar-refractivity contribution in [2.45, 2.75) is 46.1 Å². The fraction of sp³-hybridized carbons (Fsp3) is 0.800. The van der Waals surface area contributed by atoms with Gasteiger partial charge in [-0.25, -0.2) is 4.79 Å².